The Morgan fingerprint density at radius 1 is 1.35 bits per heavy atom. The average molecular weight is 320 g/mol. The van der Waals surface area contributed by atoms with Crippen LogP contribution in [0.4, 0.5) is 0 Å². The second-order valence-corrected chi connectivity index (χ2v) is 5.94. The molecule has 0 spiro atoms. The number of hydrogen-bond acceptors (Lipinski definition) is 4. The molecule has 1 heterocycles. The van der Waals surface area contributed by atoms with Crippen molar-refractivity contribution < 1.29 is 14.3 Å². The van der Waals surface area contributed by atoms with Gasteiger partial charge in [-0.15, -0.1) is 0 Å². The molecule has 1 amide bonds. The van der Waals surface area contributed by atoms with Crippen LogP contribution in [0.3, 0.4) is 0 Å². The maximum absolute atomic E-state index is 12.5. The highest BCUT2D eigenvalue weighted by molar-refractivity contribution is 6.04. The standard InChI is InChI=1S/C17H24N2O4/c1-4-17(5-2,9-10-20)11-18-15(21)12-7-6-8-13-14(12)23-16(22)19(13)3/h6-8,20H,4-5,9-11H2,1-3H3,(H,18,21). The lowest BCUT2D eigenvalue weighted by Crippen LogP contribution is -2.37. The van der Waals surface area contributed by atoms with Crippen LogP contribution in [-0.4, -0.2) is 28.7 Å². The lowest BCUT2D eigenvalue weighted by Gasteiger charge is -2.31. The van der Waals surface area contributed by atoms with Gasteiger partial charge in [-0.1, -0.05) is 19.9 Å². The fourth-order valence-electron chi connectivity index (χ4n) is 2.87. The number of hydrogen-bond donors (Lipinski definition) is 2. The zero-order valence-electron chi connectivity index (χ0n) is 13.9. The molecule has 1 aromatic heterocycles. The van der Waals surface area contributed by atoms with Crippen molar-refractivity contribution in [2.45, 2.75) is 33.1 Å². The highest BCUT2D eigenvalue weighted by Crippen LogP contribution is 2.29. The van der Waals surface area contributed by atoms with Gasteiger partial charge in [0.2, 0.25) is 0 Å². The van der Waals surface area contributed by atoms with E-state index in [1.165, 1.54) is 4.57 Å². The smallest absolute Gasteiger partial charge is 0.407 e. The number of amides is 1. The largest absolute Gasteiger partial charge is 0.419 e. The van der Waals surface area contributed by atoms with Crippen LogP contribution in [0, 0.1) is 5.41 Å². The summed E-state index contributed by atoms with van der Waals surface area (Å²) in [5.74, 6) is -0.758. The Kier molecular flexibility index (Phi) is 5.26. The first-order valence-electron chi connectivity index (χ1n) is 7.95. The monoisotopic (exact) mass is 320 g/mol. The number of carbonyl (C=O) groups excluding carboxylic acids is 1. The van der Waals surface area contributed by atoms with E-state index < -0.39 is 5.76 Å². The minimum Gasteiger partial charge on any atom is -0.407 e. The van der Waals surface area contributed by atoms with E-state index >= 15 is 0 Å². The number of aliphatic hydroxyl groups is 1. The first-order chi connectivity index (χ1) is 11.0. The SMILES string of the molecule is CCC(CC)(CCO)CNC(=O)c1cccc2c1oc(=O)n2C. The average Bonchev–Trinajstić information content (AvgIpc) is 2.86. The Bertz CT molecular complexity index is 741. The van der Waals surface area contributed by atoms with Crippen LogP contribution in [0.25, 0.3) is 11.1 Å². The Hall–Kier alpha value is -2.08. The van der Waals surface area contributed by atoms with E-state index in [9.17, 15) is 14.7 Å². The minimum absolute atomic E-state index is 0.0979. The lowest BCUT2D eigenvalue weighted by atomic mass is 9.79. The number of aliphatic hydroxyl groups excluding tert-OH is 1. The summed E-state index contributed by atoms with van der Waals surface area (Å²) in [6, 6.07) is 5.12. The van der Waals surface area contributed by atoms with Crippen LogP contribution in [0.5, 0.6) is 0 Å². The molecular formula is C17H24N2O4. The molecule has 2 N–H and O–H groups in total. The van der Waals surface area contributed by atoms with Gasteiger partial charge in [-0.3, -0.25) is 9.36 Å². The van der Waals surface area contributed by atoms with Crippen molar-refractivity contribution in [1.29, 1.82) is 0 Å². The maximum Gasteiger partial charge on any atom is 0.419 e. The van der Waals surface area contributed by atoms with Gasteiger partial charge in [0.25, 0.3) is 5.91 Å². The number of aromatic nitrogens is 1. The summed E-state index contributed by atoms with van der Waals surface area (Å²) in [5, 5.41) is 12.2. The topological polar surface area (TPSA) is 84.5 Å². The second kappa shape index (κ2) is 7.00. The molecule has 0 saturated carbocycles. The molecule has 23 heavy (non-hydrogen) atoms. The first-order valence-corrected chi connectivity index (χ1v) is 7.95. The molecule has 2 aromatic rings. The molecule has 0 aliphatic carbocycles. The number of nitrogens with one attached hydrogen (secondary N) is 1. The highest BCUT2D eigenvalue weighted by Gasteiger charge is 2.27. The number of nitrogens with zero attached hydrogens (tertiary/aromatic N) is 1. The van der Waals surface area contributed by atoms with E-state index in [-0.39, 0.29) is 17.9 Å². The number of rotatable bonds is 7. The minimum atomic E-state index is -0.489. The first kappa shape index (κ1) is 17.3. The van der Waals surface area contributed by atoms with Gasteiger partial charge < -0.3 is 14.8 Å². The van der Waals surface area contributed by atoms with Crippen LogP contribution in [0.1, 0.15) is 43.5 Å². The van der Waals surface area contributed by atoms with E-state index in [0.29, 0.717) is 29.6 Å². The van der Waals surface area contributed by atoms with Crippen molar-refractivity contribution in [1.82, 2.24) is 9.88 Å². The number of aryl methyl sites for hydroxylation is 1. The van der Waals surface area contributed by atoms with Gasteiger partial charge in [-0.05, 0) is 36.8 Å². The third-order valence-electron chi connectivity index (χ3n) is 4.83. The van der Waals surface area contributed by atoms with Gasteiger partial charge >= 0.3 is 5.76 Å². The number of fused-ring (bicyclic) bond motifs is 1. The van der Waals surface area contributed by atoms with Crippen molar-refractivity contribution >= 4 is 17.0 Å². The third kappa shape index (κ3) is 3.32. The predicted molar refractivity (Wildman–Crippen MR) is 88.5 cm³/mol. The summed E-state index contributed by atoms with van der Waals surface area (Å²) >= 11 is 0. The van der Waals surface area contributed by atoms with Crippen LogP contribution in [0.15, 0.2) is 27.4 Å². The number of benzene rings is 1. The van der Waals surface area contributed by atoms with Gasteiger partial charge in [0, 0.05) is 20.2 Å². The Balaban J connectivity index is 2.25. The summed E-state index contributed by atoms with van der Waals surface area (Å²) in [6.07, 6.45) is 2.38. The van der Waals surface area contributed by atoms with Crippen molar-refractivity contribution in [3.63, 3.8) is 0 Å². The summed E-state index contributed by atoms with van der Waals surface area (Å²) in [4.78, 5) is 24.2. The van der Waals surface area contributed by atoms with Crippen LogP contribution >= 0.6 is 0 Å². The van der Waals surface area contributed by atoms with E-state index in [2.05, 4.69) is 19.2 Å². The molecule has 126 valence electrons. The molecule has 0 bridgehead atoms. The normalized spacial score (nSPS) is 11.8. The summed E-state index contributed by atoms with van der Waals surface area (Å²) in [7, 11) is 1.61. The molecule has 0 radical (unpaired) electrons. The molecule has 2 rings (SSSR count). The lowest BCUT2D eigenvalue weighted by molar-refractivity contribution is 0.0908. The zero-order chi connectivity index (χ0) is 17.0. The third-order valence-corrected chi connectivity index (χ3v) is 4.83. The summed E-state index contributed by atoms with van der Waals surface area (Å²) in [5.41, 5.74) is 1.13. The van der Waals surface area contributed by atoms with Gasteiger partial charge in [-0.25, -0.2) is 4.79 Å². The molecule has 1 aromatic carbocycles. The Labute approximate surface area is 135 Å². The Morgan fingerprint density at radius 2 is 2.04 bits per heavy atom. The molecule has 6 nitrogen and oxygen atoms in total. The summed E-state index contributed by atoms with van der Waals surface area (Å²) in [6.45, 7) is 4.69. The molecule has 0 fully saturated rings. The van der Waals surface area contributed by atoms with Crippen molar-refractivity contribution in [3.8, 4) is 0 Å². The molecule has 0 saturated heterocycles. The molecule has 0 aliphatic rings. The number of oxazole rings is 1. The van der Waals surface area contributed by atoms with Crippen LogP contribution < -0.4 is 11.1 Å². The van der Waals surface area contributed by atoms with Gasteiger partial charge in [0.1, 0.15) is 0 Å². The highest BCUT2D eigenvalue weighted by atomic mass is 16.4. The van der Waals surface area contributed by atoms with Crippen LogP contribution in [-0.2, 0) is 7.05 Å². The predicted octanol–water partition coefficient (Wildman–Crippen LogP) is 2.05. The molecule has 0 atom stereocenters. The van der Waals surface area contributed by atoms with Crippen molar-refractivity contribution in [3.05, 3.63) is 34.3 Å². The van der Waals surface area contributed by atoms with Gasteiger partial charge in [0.05, 0.1) is 11.1 Å². The molecular weight excluding hydrogens is 296 g/mol. The van der Waals surface area contributed by atoms with E-state index in [1.54, 1.807) is 25.2 Å². The Morgan fingerprint density at radius 3 is 2.65 bits per heavy atom. The van der Waals surface area contributed by atoms with Gasteiger partial charge in [0.15, 0.2) is 5.58 Å². The maximum atomic E-state index is 12.5. The quantitative estimate of drug-likeness (QED) is 0.818. The fraction of sp³-hybridized carbons (Fsp3) is 0.529. The number of para-hydroxylation sites is 1. The van der Waals surface area contributed by atoms with Crippen molar-refractivity contribution in [2.75, 3.05) is 13.2 Å². The van der Waals surface area contributed by atoms with E-state index in [1.807, 2.05) is 0 Å². The van der Waals surface area contributed by atoms with Gasteiger partial charge in [-0.2, -0.15) is 0 Å². The van der Waals surface area contributed by atoms with Crippen molar-refractivity contribution in [2.24, 2.45) is 12.5 Å². The molecule has 6 heteroatoms. The van der Waals surface area contributed by atoms with E-state index in [0.717, 1.165) is 12.8 Å². The molecule has 0 unspecified atom stereocenters. The van der Waals surface area contributed by atoms with E-state index in [4.69, 9.17) is 4.42 Å². The molecule has 0 aliphatic heterocycles. The number of carbonyl (C=O) groups is 1. The zero-order valence-corrected chi connectivity index (χ0v) is 13.9. The summed E-state index contributed by atoms with van der Waals surface area (Å²) < 4.78 is 6.56. The second-order valence-electron chi connectivity index (χ2n) is 5.94. The van der Waals surface area contributed by atoms with Crippen LogP contribution in [0.2, 0.25) is 0 Å². The fourth-order valence-corrected chi connectivity index (χ4v) is 2.87.